The van der Waals surface area contributed by atoms with Crippen molar-refractivity contribution in [2.75, 3.05) is 26.3 Å². The van der Waals surface area contributed by atoms with E-state index in [4.69, 9.17) is 14.9 Å². The van der Waals surface area contributed by atoms with Crippen LogP contribution in [0, 0.1) is 0 Å². The molecule has 1 amide bonds. The molecule has 0 fully saturated rings. The first kappa shape index (κ1) is 20.8. The molecular weight excluding hydrogens is 366 g/mol. The van der Waals surface area contributed by atoms with Crippen LogP contribution in [0.3, 0.4) is 0 Å². The molecule has 3 aromatic carbocycles. The molecule has 29 heavy (non-hydrogen) atoms. The highest BCUT2D eigenvalue weighted by atomic mass is 16.5. The normalized spacial score (nSPS) is 11.1. The quantitative estimate of drug-likeness (QED) is 0.612. The van der Waals surface area contributed by atoms with Crippen LogP contribution < -0.4 is 4.74 Å². The lowest BCUT2D eigenvalue weighted by molar-refractivity contribution is 0.0685. The number of rotatable bonds is 8. The summed E-state index contributed by atoms with van der Waals surface area (Å²) >= 11 is 0. The van der Waals surface area contributed by atoms with Gasteiger partial charge in [0.1, 0.15) is 5.75 Å². The van der Waals surface area contributed by atoms with Crippen LogP contribution >= 0.6 is 0 Å². The van der Waals surface area contributed by atoms with Gasteiger partial charge in [-0.25, -0.2) is 0 Å². The van der Waals surface area contributed by atoms with Crippen LogP contribution in [0.15, 0.2) is 60.7 Å². The van der Waals surface area contributed by atoms with Gasteiger partial charge in [-0.2, -0.15) is 0 Å². The molecule has 5 nitrogen and oxygen atoms in total. The molecule has 0 saturated heterocycles. The summed E-state index contributed by atoms with van der Waals surface area (Å²) in [4.78, 5) is 14.1. The number of aliphatic hydroxyl groups is 2. The SMILES string of the molecule is CC(C)Oc1ccccc1-c1ccc2cc(C(=O)N(CCO)CCO)ccc2c1. The summed E-state index contributed by atoms with van der Waals surface area (Å²) in [5.41, 5.74) is 2.62. The van der Waals surface area contributed by atoms with E-state index >= 15 is 0 Å². The Morgan fingerprint density at radius 1 is 0.931 bits per heavy atom. The van der Waals surface area contributed by atoms with Gasteiger partial charge in [0.05, 0.1) is 19.3 Å². The fourth-order valence-electron chi connectivity index (χ4n) is 3.35. The standard InChI is InChI=1S/C24H27NO4/c1-17(2)29-23-6-4-3-5-22(23)20-9-7-19-16-21(10-8-18(19)15-20)24(28)25(11-13-26)12-14-27/h3-10,15-17,26-27H,11-14H2,1-2H3. The van der Waals surface area contributed by atoms with Crippen LogP contribution in [-0.2, 0) is 0 Å². The number of fused-ring (bicyclic) bond motifs is 1. The number of ether oxygens (including phenoxy) is 1. The van der Waals surface area contributed by atoms with Gasteiger partial charge in [-0.05, 0) is 54.4 Å². The number of nitrogens with zero attached hydrogens (tertiary/aromatic N) is 1. The molecule has 0 heterocycles. The van der Waals surface area contributed by atoms with Crippen LogP contribution in [0.25, 0.3) is 21.9 Å². The van der Waals surface area contributed by atoms with E-state index in [-0.39, 0.29) is 38.3 Å². The minimum Gasteiger partial charge on any atom is -0.490 e. The smallest absolute Gasteiger partial charge is 0.254 e. The maximum atomic E-state index is 12.7. The Labute approximate surface area is 171 Å². The Bertz CT molecular complexity index is 978. The van der Waals surface area contributed by atoms with Gasteiger partial charge in [0.2, 0.25) is 0 Å². The Hall–Kier alpha value is -2.89. The third-order valence-electron chi connectivity index (χ3n) is 4.67. The molecule has 0 spiro atoms. The summed E-state index contributed by atoms with van der Waals surface area (Å²) in [6.07, 6.45) is 0.0889. The zero-order valence-corrected chi connectivity index (χ0v) is 16.8. The van der Waals surface area contributed by atoms with Crippen molar-refractivity contribution in [3.05, 3.63) is 66.2 Å². The highest BCUT2D eigenvalue weighted by Gasteiger charge is 2.15. The second-order valence-electron chi connectivity index (χ2n) is 7.18. The summed E-state index contributed by atoms with van der Waals surface area (Å²) in [6.45, 7) is 4.13. The van der Waals surface area contributed by atoms with Crippen molar-refractivity contribution in [3.8, 4) is 16.9 Å². The summed E-state index contributed by atoms with van der Waals surface area (Å²) < 4.78 is 5.94. The third-order valence-corrected chi connectivity index (χ3v) is 4.67. The Kier molecular flexibility index (Phi) is 6.86. The molecule has 0 aliphatic rings. The highest BCUT2D eigenvalue weighted by Crippen LogP contribution is 2.32. The summed E-state index contributed by atoms with van der Waals surface area (Å²) in [6, 6.07) is 19.6. The molecule has 0 saturated carbocycles. The van der Waals surface area contributed by atoms with Crippen LogP contribution in [0.5, 0.6) is 5.75 Å². The van der Waals surface area contributed by atoms with Crippen molar-refractivity contribution < 1.29 is 19.7 Å². The van der Waals surface area contributed by atoms with E-state index in [2.05, 4.69) is 6.07 Å². The Morgan fingerprint density at radius 3 is 2.28 bits per heavy atom. The van der Waals surface area contributed by atoms with E-state index in [0.29, 0.717) is 5.56 Å². The molecule has 0 radical (unpaired) electrons. The van der Waals surface area contributed by atoms with Crippen molar-refractivity contribution in [2.24, 2.45) is 0 Å². The number of benzene rings is 3. The molecule has 152 valence electrons. The van der Waals surface area contributed by atoms with Gasteiger partial charge >= 0.3 is 0 Å². The molecule has 5 heteroatoms. The monoisotopic (exact) mass is 393 g/mol. The minimum absolute atomic E-state index is 0.0889. The van der Waals surface area contributed by atoms with Crippen molar-refractivity contribution >= 4 is 16.7 Å². The lowest BCUT2D eigenvalue weighted by Crippen LogP contribution is -2.35. The van der Waals surface area contributed by atoms with Crippen LogP contribution in [-0.4, -0.2) is 53.4 Å². The van der Waals surface area contributed by atoms with Gasteiger partial charge in [-0.1, -0.05) is 36.4 Å². The van der Waals surface area contributed by atoms with E-state index < -0.39 is 0 Å². The second kappa shape index (κ2) is 9.54. The lowest BCUT2D eigenvalue weighted by atomic mass is 9.99. The van der Waals surface area contributed by atoms with E-state index in [9.17, 15) is 4.79 Å². The molecule has 2 N–H and O–H groups in total. The van der Waals surface area contributed by atoms with Crippen LogP contribution in [0.2, 0.25) is 0 Å². The Morgan fingerprint density at radius 2 is 1.59 bits per heavy atom. The number of carbonyl (C=O) groups excluding carboxylic acids is 1. The zero-order chi connectivity index (χ0) is 20.8. The number of para-hydroxylation sites is 1. The molecule has 0 atom stereocenters. The number of hydrogen-bond acceptors (Lipinski definition) is 4. The molecule has 0 unspecified atom stereocenters. The number of hydrogen-bond donors (Lipinski definition) is 2. The van der Waals surface area contributed by atoms with Crippen LogP contribution in [0.1, 0.15) is 24.2 Å². The van der Waals surface area contributed by atoms with Gasteiger partial charge in [0.25, 0.3) is 5.91 Å². The molecule has 0 aromatic heterocycles. The first-order valence-corrected chi connectivity index (χ1v) is 9.84. The first-order chi connectivity index (χ1) is 14.0. The van der Waals surface area contributed by atoms with Gasteiger partial charge in [0.15, 0.2) is 0 Å². The molecule has 0 bridgehead atoms. The van der Waals surface area contributed by atoms with Crippen molar-refractivity contribution in [2.45, 2.75) is 20.0 Å². The molecule has 3 aromatic rings. The summed E-state index contributed by atoms with van der Waals surface area (Å²) in [5.74, 6) is 0.645. The van der Waals surface area contributed by atoms with E-state index in [1.807, 2.05) is 62.4 Å². The maximum Gasteiger partial charge on any atom is 0.254 e. The van der Waals surface area contributed by atoms with Gasteiger partial charge in [-0.15, -0.1) is 0 Å². The molecule has 0 aliphatic carbocycles. The lowest BCUT2D eigenvalue weighted by Gasteiger charge is -2.21. The number of amides is 1. The van der Waals surface area contributed by atoms with E-state index in [1.54, 1.807) is 6.07 Å². The van der Waals surface area contributed by atoms with Crippen molar-refractivity contribution in [3.63, 3.8) is 0 Å². The Balaban J connectivity index is 1.93. The average Bonchev–Trinajstić information content (AvgIpc) is 2.72. The van der Waals surface area contributed by atoms with Crippen molar-refractivity contribution in [1.29, 1.82) is 0 Å². The minimum atomic E-state index is -0.199. The highest BCUT2D eigenvalue weighted by molar-refractivity contribution is 5.99. The number of carbonyl (C=O) groups is 1. The number of aliphatic hydroxyl groups excluding tert-OH is 2. The van der Waals surface area contributed by atoms with Gasteiger partial charge in [0, 0.05) is 24.2 Å². The van der Waals surface area contributed by atoms with Crippen molar-refractivity contribution in [1.82, 2.24) is 4.90 Å². The fraction of sp³-hybridized carbons (Fsp3) is 0.292. The predicted molar refractivity (Wildman–Crippen MR) is 115 cm³/mol. The fourth-order valence-corrected chi connectivity index (χ4v) is 3.35. The molecular formula is C24H27NO4. The first-order valence-electron chi connectivity index (χ1n) is 9.84. The molecule has 3 rings (SSSR count). The van der Waals surface area contributed by atoms with Gasteiger partial charge in [-0.3, -0.25) is 4.79 Å². The average molecular weight is 393 g/mol. The summed E-state index contributed by atoms with van der Waals surface area (Å²) in [7, 11) is 0. The maximum absolute atomic E-state index is 12.7. The van der Waals surface area contributed by atoms with E-state index in [1.165, 1.54) is 4.90 Å². The predicted octanol–water partition coefficient (Wildman–Crippen LogP) is 3.72. The summed E-state index contributed by atoms with van der Waals surface area (Å²) in [5, 5.41) is 20.3. The molecule has 0 aliphatic heterocycles. The second-order valence-corrected chi connectivity index (χ2v) is 7.18. The van der Waals surface area contributed by atoms with E-state index in [0.717, 1.165) is 27.6 Å². The van der Waals surface area contributed by atoms with Gasteiger partial charge < -0.3 is 19.8 Å². The third kappa shape index (κ3) is 4.94. The topological polar surface area (TPSA) is 70.0 Å². The zero-order valence-electron chi connectivity index (χ0n) is 16.8. The van der Waals surface area contributed by atoms with Crippen LogP contribution in [0.4, 0.5) is 0 Å². The largest absolute Gasteiger partial charge is 0.490 e.